The quantitative estimate of drug-likeness (QED) is 0.786. The highest BCUT2D eigenvalue weighted by Crippen LogP contribution is 2.22. The lowest BCUT2D eigenvalue weighted by molar-refractivity contribution is 0.372. The summed E-state index contributed by atoms with van der Waals surface area (Å²) in [6.07, 6.45) is 11.9. The third kappa shape index (κ3) is 3.44. The lowest BCUT2D eigenvalue weighted by Gasteiger charge is -2.23. The summed E-state index contributed by atoms with van der Waals surface area (Å²) in [5.41, 5.74) is 5.09. The fourth-order valence-corrected chi connectivity index (χ4v) is 3.44. The van der Waals surface area contributed by atoms with E-state index < -0.39 is 0 Å². The first-order valence-corrected chi connectivity index (χ1v) is 8.78. The molecule has 1 aliphatic carbocycles. The standard InChI is InChI=1S/C20H22N4/c1-2-7-17(8-3-1)23-13-15-5-4-6-16(11-15)18-12-19-20(14-24-18)22-10-9-21-19/h4-6,9-12,14,17,23H,1-3,7-8,13H2. The molecule has 2 heterocycles. The molecule has 0 aliphatic heterocycles. The molecule has 0 radical (unpaired) electrons. The van der Waals surface area contributed by atoms with Crippen molar-refractivity contribution in [1.82, 2.24) is 20.3 Å². The molecule has 1 N–H and O–H groups in total. The summed E-state index contributed by atoms with van der Waals surface area (Å²) in [6, 6.07) is 11.3. The fourth-order valence-electron chi connectivity index (χ4n) is 3.44. The van der Waals surface area contributed by atoms with Gasteiger partial charge in [0.1, 0.15) is 5.52 Å². The van der Waals surface area contributed by atoms with Crippen LogP contribution in [0.25, 0.3) is 22.3 Å². The van der Waals surface area contributed by atoms with Crippen molar-refractivity contribution in [2.75, 3.05) is 0 Å². The van der Waals surface area contributed by atoms with Gasteiger partial charge in [0, 0.05) is 30.5 Å². The first-order chi connectivity index (χ1) is 11.9. The van der Waals surface area contributed by atoms with Crippen molar-refractivity contribution in [3.8, 4) is 11.3 Å². The largest absolute Gasteiger partial charge is 0.310 e. The molecule has 122 valence electrons. The maximum absolute atomic E-state index is 4.55. The molecular weight excluding hydrogens is 296 g/mol. The summed E-state index contributed by atoms with van der Waals surface area (Å²) in [7, 11) is 0. The first-order valence-electron chi connectivity index (χ1n) is 8.78. The molecular formula is C20H22N4. The zero-order valence-corrected chi connectivity index (χ0v) is 13.8. The van der Waals surface area contributed by atoms with E-state index in [2.05, 4.69) is 44.5 Å². The second-order valence-electron chi connectivity index (χ2n) is 6.53. The molecule has 1 aromatic carbocycles. The lowest BCUT2D eigenvalue weighted by atomic mass is 9.95. The summed E-state index contributed by atoms with van der Waals surface area (Å²) in [4.78, 5) is 13.2. The van der Waals surface area contributed by atoms with E-state index in [1.807, 2.05) is 6.07 Å². The number of nitrogens with zero attached hydrogens (tertiary/aromatic N) is 3. The third-order valence-corrected chi connectivity index (χ3v) is 4.78. The summed E-state index contributed by atoms with van der Waals surface area (Å²) in [6.45, 7) is 0.923. The van der Waals surface area contributed by atoms with E-state index in [-0.39, 0.29) is 0 Å². The molecule has 1 saturated carbocycles. The fraction of sp³-hybridized carbons (Fsp3) is 0.350. The van der Waals surface area contributed by atoms with Gasteiger partial charge in [0.25, 0.3) is 0 Å². The molecule has 0 atom stereocenters. The van der Waals surface area contributed by atoms with Crippen molar-refractivity contribution in [2.45, 2.75) is 44.7 Å². The van der Waals surface area contributed by atoms with Crippen LogP contribution in [0.1, 0.15) is 37.7 Å². The normalized spacial score (nSPS) is 15.7. The van der Waals surface area contributed by atoms with Crippen molar-refractivity contribution in [1.29, 1.82) is 0 Å². The van der Waals surface area contributed by atoms with Crippen LogP contribution in [0.2, 0.25) is 0 Å². The van der Waals surface area contributed by atoms with Gasteiger partial charge < -0.3 is 5.32 Å². The van der Waals surface area contributed by atoms with E-state index in [0.29, 0.717) is 6.04 Å². The van der Waals surface area contributed by atoms with Crippen molar-refractivity contribution >= 4 is 11.0 Å². The van der Waals surface area contributed by atoms with Gasteiger partial charge in [0.05, 0.1) is 17.4 Å². The minimum Gasteiger partial charge on any atom is -0.310 e. The maximum atomic E-state index is 4.55. The Kier molecular flexibility index (Phi) is 4.47. The highest BCUT2D eigenvalue weighted by molar-refractivity contribution is 5.78. The van der Waals surface area contributed by atoms with Crippen LogP contribution >= 0.6 is 0 Å². The Morgan fingerprint density at radius 3 is 2.62 bits per heavy atom. The van der Waals surface area contributed by atoms with Gasteiger partial charge >= 0.3 is 0 Å². The number of benzene rings is 1. The molecule has 0 amide bonds. The predicted molar refractivity (Wildman–Crippen MR) is 96.5 cm³/mol. The molecule has 4 heteroatoms. The molecule has 3 aromatic rings. The smallest absolute Gasteiger partial charge is 0.107 e. The monoisotopic (exact) mass is 318 g/mol. The Morgan fingerprint density at radius 1 is 0.917 bits per heavy atom. The first kappa shape index (κ1) is 15.2. The van der Waals surface area contributed by atoms with Crippen molar-refractivity contribution < 1.29 is 0 Å². The second kappa shape index (κ2) is 7.05. The number of fused-ring (bicyclic) bond motifs is 1. The van der Waals surface area contributed by atoms with E-state index in [1.165, 1.54) is 37.7 Å². The number of hydrogen-bond acceptors (Lipinski definition) is 4. The van der Waals surface area contributed by atoms with Crippen LogP contribution in [0.5, 0.6) is 0 Å². The Labute approximate surface area is 142 Å². The molecule has 0 saturated heterocycles. The van der Waals surface area contributed by atoms with Gasteiger partial charge in [-0.2, -0.15) is 0 Å². The molecule has 0 bridgehead atoms. The molecule has 1 fully saturated rings. The van der Waals surface area contributed by atoms with Crippen molar-refractivity contribution in [3.63, 3.8) is 0 Å². The van der Waals surface area contributed by atoms with Crippen LogP contribution in [0.4, 0.5) is 0 Å². The summed E-state index contributed by atoms with van der Waals surface area (Å²) >= 11 is 0. The third-order valence-electron chi connectivity index (χ3n) is 4.78. The molecule has 4 rings (SSSR count). The van der Waals surface area contributed by atoms with E-state index in [0.717, 1.165) is 28.8 Å². The topological polar surface area (TPSA) is 50.7 Å². The molecule has 1 aliphatic rings. The average molecular weight is 318 g/mol. The number of aromatic nitrogens is 3. The summed E-state index contributed by atoms with van der Waals surface area (Å²) < 4.78 is 0. The van der Waals surface area contributed by atoms with Crippen LogP contribution in [-0.4, -0.2) is 21.0 Å². The highest BCUT2D eigenvalue weighted by atomic mass is 14.9. The van der Waals surface area contributed by atoms with Gasteiger partial charge in [-0.15, -0.1) is 0 Å². The van der Waals surface area contributed by atoms with Gasteiger partial charge in [-0.1, -0.05) is 37.5 Å². The number of rotatable bonds is 4. The van der Waals surface area contributed by atoms with Gasteiger partial charge in [-0.25, -0.2) is 0 Å². The minimum atomic E-state index is 0.677. The highest BCUT2D eigenvalue weighted by Gasteiger charge is 2.12. The number of pyridine rings is 1. The van der Waals surface area contributed by atoms with Crippen LogP contribution in [-0.2, 0) is 6.54 Å². The summed E-state index contributed by atoms with van der Waals surface area (Å²) in [5.74, 6) is 0. The van der Waals surface area contributed by atoms with Gasteiger partial charge in [0.2, 0.25) is 0 Å². The van der Waals surface area contributed by atoms with E-state index >= 15 is 0 Å². The van der Waals surface area contributed by atoms with Gasteiger partial charge in [-0.3, -0.25) is 15.0 Å². The maximum Gasteiger partial charge on any atom is 0.107 e. The number of hydrogen-bond donors (Lipinski definition) is 1. The lowest BCUT2D eigenvalue weighted by Crippen LogP contribution is -2.30. The Bertz CT molecular complexity index is 824. The Hall–Kier alpha value is -2.33. The van der Waals surface area contributed by atoms with Crippen LogP contribution < -0.4 is 5.32 Å². The SMILES string of the molecule is c1cc(CNC2CCCCC2)cc(-c2cc3nccnc3cn2)c1. The molecule has 0 unspecified atom stereocenters. The molecule has 24 heavy (non-hydrogen) atoms. The van der Waals surface area contributed by atoms with Crippen molar-refractivity contribution in [3.05, 3.63) is 54.5 Å². The van der Waals surface area contributed by atoms with Crippen molar-refractivity contribution in [2.24, 2.45) is 0 Å². The van der Waals surface area contributed by atoms with Crippen LogP contribution in [0.3, 0.4) is 0 Å². The van der Waals surface area contributed by atoms with Gasteiger partial charge in [-0.05, 0) is 30.5 Å². The Balaban J connectivity index is 1.52. The Morgan fingerprint density at radius 2 is 1.75 bits per heavy atom. The minimum absolute atomic E-state index is 0.677. The van der Waals surface area contributed by atoms with E-state index in [1.54, 1.807) is 18.6 Å². The number of nitrogens with one attached hydrogen (secondary N) is 1. The van der Waals surface area contributed by atoms with E-state index in [9.17, 15) is 0 Å². The van der Waals surface area contributed by atoms with Crippen LogP contribution in [0.15, 0.2) is 48.9 Å². The van der Waals surface area contributed by atoms with E-state index in [4.69, 9.17) is 0 Å². The zero-order chi connectivity index (χ0) is 16.2. The molecule has 2 aromatic heterocycles. The summed E-state index contributed by atoms with van der Waals surface area (Å²) in [5, 5.41) is 3.70. The zero-order valence-electron chi connectivity index (χ0n) is 13.8. The molecule has 0 spiro atoms. The average Bonchev–Trinajstić information content (AvgIpc) is 2.67. The predicted octanol–water partition coefficient (Wildman–Crippen LogP) is 4.11. The molecule has 4 nitrogen and oxygen atoms in total. The van der Waals surface area contributed by atoms with Gasteiger partial charge in [0.15, 0.2) is 0 Å². The van der Waals surface area contributed by atoms with Crippen LogP contribution in [0, 0.1) is 0 Å². The second-order valence-corrected chi connectivity index (χ2v) is 6.53.